The van der Waals surface area contributed by atoms with Gasteiger partial charge in [0.05, 0.1) is 18.5 Å². The molecular formula is C31H31FN2O4S. The first-order chi connectivity index (χ1) is 18.6. The van der Waals surface area contributed by atoms with Crippen LogP contribution in [0.15, 0.2) is 91.0 Å². The predicted molar refractivity (Wildman–Crippen MR) is 152 cm³/mol. The van der Waals surface area contributed by atoms with E-state index in [1.165, 1.54) is 22.7 Å². The predicted octanol–water partition coefficient (Wildman–Crippen LogP) is 5.92. The largest absolute Gasteiger partial charge is 0.489 e. The van der Waals surface area contributed by atoms with E-state index in [2.05, 4.69) is 5.32 Å². The normalized spacial score (nSPS) is 11.2. The average Bonchev–Trinajstić information content (AvgIpc) is 2.92. The van der Waals surface area contributed by atoms with Gasteiger partial charge in [-0.15, -0.1) is 0 Å². The molecular weight excluding hydrogens is 515 g/mol. The van der Waals surface area contributed by atoms with Gasteiger partial charge in [0.25, 0.3) is 5.91 Å². The first-order valence-electron chi connectivity index (χ1n) is 12.5. The number of amides is 1. The molecule has 0 aliphatic carbocycles. The summed E-state index contributed by atoms with van der Waals surface area (Å²) in [5.41, 5.74) is 5.52. The smallest absolute Gasteiger partial charge is 0.251 e. The molecule has 0 saturated heterocycles. The maximum Gasteiger partial charge on any atom is 0.251 e. The van der Waals surface area contributed by atoms with Crippen molar-refractivity contribution in [3.63, 3.8) is 0 Å². The monoisotopic (exact) mass is 546 g/mol. The first-order valence-corrected chi connectivity index (χ1v) is 14.3. The van der Waals surface area contributed by atoms with E-state index in [0.29, 0.717) is 30.2 Å². The summed E-state index contributed by atoms with van der Waals surface area (Å²) in [6, 6.07) is 26.2. The molecule has 0 radical (unpaired) electrons. The number of carbonyl (C=O) groups excluding carboxylic acids is 1. The van der Waals surface area contributed by atoms with Crippen LogP contribution in [0.25, 0.3) is 0 Å². The lowest BCUT2D eigenvalue weighted by atomic mass is 10.1. The molecule has 4 aromatic rings. The van der Waals surface area contributed by atoms with Crippen molar-refractivity contribution in [1.82, 2.24) is 5.32 Å². The molecule has 202 valence electrons. The Balaban J connectivity index is 1.33. The van der Waals surface area contributed by atoms with Gasteiger partial charge < -0.3 is 10.1 Å². The molecule has 0 aliphatic heterocycles. The molecule has 1 N–H and O–H groups in total. The molecule has 0 saturated carbocycles. The molecule has 0 aromatic heterocycles. The van der Waals surface area contributed by atoms with Crippen LogP contribution >= 0.6 is 0 Å². The van der Waals surface area contributed by atoms with Crippen molar-refractivity contribution in [2.45, 2.75) is 33.5 Å². The van der Waals surface area contributed by atoms with Crippen molar-refractivity contribution < 1.29 is 22.3 Å². The molecule has 0 heterocycles. The number of ether oxygens (including phenoxy) is 1. The van der Waals surface area contributed by atoms with Crippen molar-refractivity contribution >= 4 is 21.6 Å². The lowest BCUT2D eigenvalue weighted by Gasteiger charge is -2.25. The molecule has 4 rings (SSSR count). The zero-order valence-electron chi connectivity index (χ0n) is 22.1. The van der Waals surface area contributed by atoms with Gasteiger partial charge in [-0.25, -0.2) is 12.8 Å². The summed E-state index contributed by atoms with van der Waals surface area (Å²) in [4.78, 5) is 12.7. The number of sulfonamides is 1. The molecule has 39 heavy (non-hydrogen) atoms. The average molecular weight is 547 g/mol. The van der Waals surface area contributed by atoms with Gasteiger partial charge in [-0.2, -0.15) is 0 Å². The first kappa shape index (κ1) is 27.9. The fourth-order valence-electron chi connectivity index (χ4n) is 4.03. The van der Waals surface area contributed by atoms with Gasteiger partial charge in [0.2, 0.25) is 10.0 Å². The van der Waals surface area contributed by atoms with Crippen LogP contribution in [0.2, 0.25) is 0 Å². The number of aryl methyl sites for hydroxylation is 2. The second-order valence-electron chi connectivity index (χ2n) is 9.50. The number of hydrogen-bond acceptors (Lipinski definition) is 4. The van der Waals surface area contributed by atoms with E-state index in [9.17, 15) is 17.6 Å². The van der Waals surface area contributed by atoms with Gasteiger partial charge >= 0.3 is 0 Å². The van der Waals surface area contributed by atoms with E-state index in [-0.39, 0.29) is 18.3 Å². The zero-order chi connectivity index (χ0) is 28.0. The van der Waals surface area contributed by atoms with Gasteiger partial charge in [0.15, 0.2) is 0 Å². The van der Waals surface area contributed by atoms with Crippen LogP contribution in [0.3, 0.4) is 0 Å². The molecule has 1 amide bonds. The summed E-state index contributed by atoms with van der Waals surface area (Å²) in [6.07, 6.45) is 1.20. The van der Waals surface area contributed by atoms with E-state index in [1.807, 2.05) is 56.3 Å². The highest BCUT2D eigenvalue weighted by Crippen LogP contribution is 2.26. The van der Waals surface area contributed by atoms with E-state index in [1.54, 1.807) is 36.4 Å². The summed E-state index contributed by atoms with van der Waals surface area (Å²) in [7, 11) is -3.51. The topological polar surface area (TPSA) is 75.7 Å². The Bertz CT molecular complexity index is 1540. The number of nitrogens with zero attached hydrogens (tertiary/aromatic N) is 1. The van der Waals surface area contributed by atoms with Crippen LogP contribution in [0, 0.1) is 19.7 Å². The number of hydrogen-bond donors (Lipinski definition) is 1. The Kier molecular flexibility index (Phi) is 8.66. The van der Waals surface area contributed by atoms with Gasteiger partial charge in [-0.1, -0.05) is 48.5 Å². The van der Waals surface area contributed by atoms with Crippen LogP contribution in [-0.2, 0) is 29.7 Å². The molecule has 0 atom stereocenters. The third-order valence-corrected chi connectivity index (χ3v) is 7.40. The van der Waals surface area contributed by atoms with Crippen molar-refractivity contribution in [3.05, 3.63) is 130 Å². The number of benzene rings is 4. The number of nitrogens with one attached hydrogen (secondary N) is 1. The third kappa shape index (κ3) is 7.67. The van der Waals surface area contributed by atoms with E-state index in [4.69, 9.17) is 4.74 Å². The van der Waals surface area contributed by atoms with Crippen LogP contribution in [0.1, 0.15) is 38.2 Å². The minimum atomic E-state index is -3.51. The van der Waals surface area contributed by atoms with Crippen LogP contribution < -0.4 is 14.4 Å². The maximum absolute atomic E-state index is 13.0. The Labute approximate surface area is 229 Å². The molecule has 0 fully saturated rings. The Morgan fingerprint density at radius 1 is 0.846 bits per heavy atom. The van der Waals surface area contributed by atoms with E-state index >= 15 is 0 Å². The van der Waals surface area contributed by atoms with Gasteiger partial charge in [-0.3, -0.25) is 9.10 Å². The van der Waals surface area contributed by atoms with Crippen LogP contribution in [0.5, 0.6) is 5.75 Å². The number of carbonyl (C=O) groups is 1. The molecule has 4 aromatic carbocycles. The van der Waals surface area contributed by atoms with Crippen LogP contribution in [0.4, 0.5) is 10.1 Å². The Morgan fingerprint density at radius 3 is 2.10 bits per heavy atom. The summed E-state index contributed by atoms with van der Waals surface area (Å²) >= 11 is 0. The number of rotatable bonds is 10. The second kappa shape index (κ2) is 12.1. The second-order valence-corrected chi connectivity index (χ2v) is 11.4. The maximum atomic E-state index is 13.0. The highest BCUT2D eigenvalue weighted by molar-refractivity contribution is 7.92. The van der Waals surface area contributed by atoms with E-state index in [0.717, 1.165) is 27.8 Å². The van der Waals surface area contributed by atoms with Crippen molar-refractivity contribution in [2.75, 3.05) is 10.6 Å². The summed E-state index contributed by atoms with van der Waals surface area (Å²) < 4.78 is 45.3. The molecule has 0 aliphatic rings. The lowest BCUT2D eigenvalue weighted by Crippen LogP contribution is -2.30. The standard InChI is InChI=1S/C31H31FN2O4S/c1-22-4-5-23(2)30(18-22)34(39(3,36)37)20-25-6-12-27(13-7-25)31(35)33-19-24-10-16-29(17-11-24)38-21-26-8-14-28(32)15-9-26/h4-18H,19-21H2,1-3H3,(H,33,35). The minimum Gasteiger partial charge on any atom is -0.489 e. The quantitative estimate of drug-likeness (QED) is 0.268. The fraction of sp³-hybridized carbons (Fsp3) is 0.194. The Morgan fingerprint density at radius 2 is 1.46 bits per heavy atom. The van der Waals surface area contributed by atoms with Gasteiger partial charge in [0, 0.05) is 12.1 Å². The van der Waals surface area contributed by atoms with Gasteiger partial charge in [0.1, 0.15) is 18.2 Å². The molecule has 0 bridgehead atoms. The molecule has 0 unspecified atom stereocenters. The number of anilines is 1. The summed E-state index contributed by atoms with van der Waals surface area (Å²) in [6.45, 7) is 4.65. The van der Waals surface area contributed by atoms with Gasteiger partial charge in [-0.05, 0) is 84.1 Å². The lowest BCUT2D eigenvalue weighted by molar-refractivity contribution is 0.0951. The molecule has 8 heteroatoms. The van der Waals surface area contributed by atoms with Crippen LogP contribution in [-0.4, -0.2) is 20.6 Å². The molecule has 0 spiro atoms. The summed E-state index contributed by atoms with van der Waals surface area (Å²) in [5, 5.41) is 2.90. The zero-order valence-corrected chi connectivity index (χ0v) is 23.0. The Hall–Kier alpha value is -4.17. The SMILES string of the molecule is Cc1ccc(C)c(N(Cc2ccc(C(=O)NCc3ccc(OCc4ccc(F)cc4)cc3)cc2)S(C)(=O)=O)c1. The third-order valence-electron chi connectivity index (χ3n) is 6.27. The summed E-state index contributed by atoms with van der Waals surface area (Å²) in [5.74, 6) is 0.162. The number of halogens is 1. The highest BCUT2D eigenvalue weighted by Gasteiger charge is 2.20. The fourth-order valence-corrected chi connectivity index (χ4v) is 4.97. The molecule has 6 nitrogen and oxygen atoms in total. The van der Waals surface area contributed by atoms with Crippen molar-refractivity contribution in [2.24, 2.45) is 0 Å². The highest BCUT2D eigenvalue weighted by atomic mass is 32.2. The van der Waals surface area contributed by atoms with Crippen molar-refractivity contribution in [3.8, 4) is 5.75 Å². The van der Waals surface area contributed by atoms with Crippen molar-refractivity contribution in [1.29, 1.82) is 0 Å². The minimum absolute atomic E-state index is 0.167. The van der Waals surface area contributed by atoms with E-state index < -0.39 is 10.0 Å².